The number of furan rings is 2. The second-order valence-electron chi connectivity index (χ2n) is 23.8. The number of pyridine rings is 1. The quantitative estimate of drug-likeness (QED) is 0.132. The van der Waals surface area contributed by atoms with E-state index in [1.165, 1.54) is 0 Å². The molecule has 0 aliphatic heterocycles. The molecule has 0 bridgehead atoms. The van der Waals surface area contributed by atoms with Crippen molar-refractivity contribution >= 4 is 87.5 Å². The Labute approximate surface area is 592 Å². The summed E-state index contributed by atoms with van der Waals surface area (Å²) in [6.45, 7) is 0. The van der Waals surface area contributed by atoms with Crippen LogP contribution in [0, 0.1) is 0 Å². The molecule has 0 amide bonds. The van der Waals surface area contributed by atoms with E-state index in [1.807, 2.05) is 193 Å². The van der Waals surface area contributed by atoms with Crippen LogP contribution in [0.15, 0.2) is 342 Å². The van der Waals surface area contributed by atoms with Gasteiger partial charge in [0.2, 0.25) is 0 Å². The maximum absolute atomic E-state index is 9.54. The Balaban J connectivity index is 0.000000154. The lowest BCUT2D eigenvalue weighted by Crippen LogP contribution is -2.02. The van der Waals surface area contributed by atoms with Crippen LogP contribution in [0.25, 0.3) is 190 Å². The molecule has 20 aromatic rings. The highest BCUT2D eigenvalue weighted by atomic mass is 16.3. The molecule has 0 radical (unpaired) electrons. The monoisotopic (exact) mass is 1300 g/mol. The summed E-state index contributed by atoms with van der Waals surface area (Å²) in [5.74, 6) is -0.0980. The lowest BCUT2D eigenvalue weighted by molar-refractivity contribution is 0.669. The van der Waals surface area contributed by atoms with E-state index in [0.717, 1.165) is 110 Å². The van der Waals surface area contributed by atoms with E-state index < -0.39 is 60.4 Å². The molecule has 0 atom stereocenters. The molecule has 0 saturated heterocycles. The van der Waals surface area contributed by atoms with Gasteiger partial charge in [-0.1, -0.05) is 242 Å². The van der Waals surface area contributed by atoms with Gasteiger partial charge in [0.15, 0.2) is 34.9 Å². The van der Waals surface area contributed by atoms with Crippen LogP contribution in [-0.4, -0.2) is 44.0 Å². The first-order valence-corrected chi connectivity index (χ1v) is 32.1. The molecule has 13 aromatic carbocycles. The zero-order valence-electron chi connectivity index (χ0n) is 66.5. The topological polar surface area (TPSA) is 126 Å². The summed E-state index contributed by atoms with van der Waals surface area (Å²) in [4.78, 5) is 32.6. The number of para-hydroxylation sites is 4. The van der Waals surface area contributed by atoms with Crippen LogP contribution in [0.2, 0.25) is 0 Å². The number of nitrogens with zero attached hydrogens (tertiary/aromatic N) is 9. The third kappa shape index (κ3) is 10.3. The fourth-order valence-corrected chi connectivity index (χ4v) is 13.1. The van der Waals surface area contributed by atoms with Crippen molar-refractivity contribution in [3.8, 4) is 102 Å². The van der Waals surface area contributed by atoms with Crippen LogP contribution in [0.5, 0.6) is 0 Å². The summed E-state index contributed by atoms with van der Waals surface area (Å²) in [5.41, 5.74) is 12.1. The summed E-state index contributed by atoms with van der Waals surface area (Å²) in [5, 5.41) is 7.83. The smallest absolute Gasteiger partial charge is 0.182 e. The molecular weight excluding hydrogens is 1230 g/mol. The molecule has 0 N–H and O–H groups in total. The summed E-state index contributed by atoms with van der Waals surface area (Å²) in [6, 6.07) is 72.2. The first-order chi connectivity index (χ1) is 55.3. The molecule has 100 heavy (non-hydrogen) atoms. The SMILES string of the molecule is [2H]c1c([2H])c(-n2c3ccccc3c3cc4c(cc32)oc2ccccc24)c([2H])c([2H])c1-c1nc(-c2ccc(-c3ccccc3)cc2)nc(-c2ccc(-c3ccccc3)cc2)n1.[2H]c1c([2H])c([2H])c(-c2nc(-c3ccc(-n4c5ccccc5c5cc6c(cc54)oc4ccccc46)cn3)nc(-c3c([2H])c([2H])c([2H])c([2H])c3[2H])n2)c([2H])c1[2H]. The van der Waals surface area contributed by atoms with Crippen molar-refractivity contribution in [1.29, 1.82) is 0 Å². The number of hydrogen-bond acceptors (Lipinski definition) is 9. The van der Waals surface area contributed by atoms with E-state index in [0.29, 0.717) is 28.4 Å². The van der Waals surface area contributed by atoms with Gasteiger partial charge >= 0.3 is 0 Å². The predicted octanol–water partition coefficient (Wildman–Crippen LogP) is 22.5. The Morgan fingerprint density at radius 2 is 0.610 bits per heavy atom. The number of hydrogen-bond donors (Lipinski definition) is 0. The highest BCUT2D eigenvalue weighted by molar-refractivity contribution is 6.19. The van der Waals surface area contributed by atoms with Crippen LogP contribution < -0.4 is 0 Å². The van der Waals surface area contributed by atoms with Gasteiger partial charge in [0.25, 0.3) is 0 Å². The molecule has 7 aromatic heterocycles. The molecule has 11 heteroatoms. The summed E-state index contributed by atoms with van der Waals surface area (Å²) >= 11 is 0. The number of rotatable bonds is 10. The molecule has 20 rings (SSSR count). The Hall–Kier alpha value is -13.8. The van der Waals surface area contributed by atoms with Gasteiger partial charge in [0, 0.05) is 88.7 Å². The number of aromatic nitrogens is 9. The Morgan fingerprint density at radius 1 is 0.240 bits per heavy atom. The Morgan fingerprint density at radius 3 is 1.06 bits per heavy atom. The zero-order chi connectivity index (χ0) is 78.2. The molecule has 0 aliphatic rings. The van der Waals surface area contributed by atoms with Crippen molar-refractivity contribution < 1.29 is 28.0 Å². The molecule has 7 heterocycles. The summed E-state index contributed by atoms with van der Waals surface area (Å²) < 4.78 is 138. The highest BCUT2D eigenvalue weighted by Gasteiger charge is 2.21. The van der Waals surface area contributed by atoms with Crippen molar-refractivity contribution in [3.05, 3.63) is 333 Å². The maximum atomic E-state index is 9.54. The number of fused-ring (bicyclic) bond motifs is 12. The van der Waals surface area contributed by atoms with Crippen molar-refractivity contribution in [1.82, 2.24) is 44.0 Å². The minimum absolute atomic E-state index is 0.0131. The van der Waals surface area contributed by atoms with Crippen molar-refractivity contribution in [2.24, 2.45) is 0 Å². The molecule has 0 saturated carbocycles. The second-order valence-corrected chi connectivity index (χ2v) is 23.8. The van der Waals surface area contributed by atoms with Gasteiger partial charge in [-0.25, -0.2) is 29.9 Å². The Kier molecular flexibility index (Phi) is 10.8. The van der Waals surface area contributed by atoms with Crippen LogP contribution >= 0.6 is 0 Å². The molecule has 0 aliphatic carbocycles. The number of benzene rings is 13. The van der Waals surface area contributed by atoms with E-state index in [9.17, 15) is 5.48 Å². The standard InChI is InChI=1S/C51H32N4O.C38H23N5O/c1-3-11-33(12-4-1)35-19-23-37(24-20-35)49-52-50(38-25-21-36(22-26-38)34-13-5-2-6-14-34)54-51(53-49)39-27-29-40(30-28-39)55-45-17-9-7-15-41(45)43-31-44-42-16-8-10-18-47(42)56-48(44)32-46(43)55;1-3-11-24(12-4-1)36-40-37(25-13-5-2-6-14-25)42-38(41-36)31-20-19-26(23-39-31)43-32-17-9-7-15-27(32)29-21-30-28-16-8-10-18-34(28)44-35(30)22-33(29)43/h1-32H;1-23H/i27D,28D,29D,30D;1D,2D,3D,4D,5D,6D,11D,12D,13D,14D. The molecule has 0 fully saturated rings. The van der Waals surface area contributed by atoms with E-state index in [4.69, 9.17) is 37.5 Å². The van der Waals surface area contributed by atoms with E-state index in [-0.39, 0.29) is 75.5 Å². The first kappa shape index (κ1) is 44.8. The zero-order valence-corrected chi connectivity index (χ0v) is 52.5. The van der Waals surface area contributed by atoms with Crippen molar-refractivity contribution in [2.45, 2.75) is 0 Å². The van der Waals surface area contributed by atoms with E-state index >= 15 is 0 Å². The fraction of sp³-hybridized carbons (Fsp3) is 0. The molecular formula is C89H55N9O2. The molecule has 0 spiro atoms. The average molecular weight is 1300 g/mol. The van der Waals surface area contributed by atoms with Gasteiger partial charge in [0.1, 0.15) is 28.0 Å². The van der Waals surface area contributed by atoms with E-state index in [1.54, 1.807) is 18.3 Å². The van der Waals surface area contributed by atoms with Gasteiger partial charge in [-0.05, 0) is 95.0 Å². The van der Waals surface area contributed by atoms with Crippen molar-refractivity contribution in [2.75, 3.05) is 0 Å². The van der Waals surface area contributed by atoms with Crippen LogP contribution in [-0.2, 0) is 0 Å². The summed E-state index contributed by atoms with van der Waals surface area (Å²) in [7, 11) is 0. The minimum atomic E-state index is -0.620. The van der Waals surface area contributed by atoms with Crippen LogP contribution in [0.3, 0.4) is 0 Å². The highest BCUT2D eigenvalue weighted by Crippen LogP contribution is 2.41. The van der Waals surface area contributed by atoms with Gasteiger partial charge in [-0.15, -0.1) is 0 Å². The van der Waals surface area contributed by atoms with Gasteiger partial charge in [-0.3, -0.25) is 4.98 Å². The maximum Gasteiger partial charge on any atom is 0.182 e. The third-order valence-electron chi connectivity index (χ3n) is 17.9. The Bertz CT molecular complexity index is 7130. The minimum Gasteiger partial charge on any atom is -0.456 e. The van der Waals surface area contributed by atoms with Gasteiger partial charge in [-0.2, -0.15) is 0 Å². The first-order valence-electron chi connectivity index (χ1n) is 39.1. The second kappa shape index (κ2) is 24.2. The lowest BCUT2D eigenvalue weighted by atomic mass is 10.0. The van der Waals surface area contributed by atoms with Gasteiger partial charge in [0.05, 0.1) is 53.1 Å². The predicted molar refractivity (Wildman–Crippen MR) is 404 cm³/mol. The molecule has 468 valence electrons. The normalized spacial score (nSPS) is 13.6. The molecule has 0 unspecified atom stereocenters. The van der Waals surface area contributed by atoms with Crippen LogP contribution in [0.4, 0.5) is 0 Å². The van der Waals surface area contributed by atoms with E-state index in [2.05, 4.69) is 67.0 Å². The fourth-order valence-electron chi connectivity index (χ4n) is 13.1. The largest absolute Gasteiger partial charge is 0.456 e. The van der Waals surface area contributed by atoms with Crippen molar-refractivity contribution in [3.63, 3.8) is 0 Å². The third-order valence-corrected chi connectivity index (χ3v) is 17.9. The molecule has 11 nitrogen and oxygen atoms in total. The lowest BCUT2D eigenvalue weighted by Gasteiger charge is -2.11. The van der Waals surface area contributed by atoms with Gasteiger partial charge < -0.3 is 18.0 Å². The van der Waals surface area contributed by atoms with Crippen LogP contribution in [0.1, 0.15) is 19.2 Å². The average Bonchev–Trinajstić information content (AvgIpc) is 1.54. The summed E-state index contributed by atoms with van der Waals surface area (Å²) in [6.07, 6.45) is 1.61.